The Morgan fingerprint density at radius 3 is 2.68 bits per heavy atom. The first-order chi connectivity index (χ1) is 9.08. The van der Waals surface area contributed by atoms with Crippen LogP contribution in [0, 0.1) is 0 Å². The van der Waals surface area contributed by atoms with E-state index in [2.05, 4.69) is 56.4 Å². The Morgan fingerprint density at radius 2 is 2.05 bits per heavy atom. The maximum absolute atomic E-state index is 5.54. The van der Waals surface area contributed by atoms with Crippen LogP contribution in [0.15, 0.2) is 30.3 Å². The van der Waals surface area contributed by atoms with Crippen molar-refractivity contribution in [3.63, 3.8) is 0 Å². The maximum atomic E-state index is 5.54. The largest absolute Gasteiger partial charge is 0.380 e. The Morgan fingerprint density at radius 1 is 1.32 bits per heavy atom. The van der Waals surface area contributed by atoms with Gasteiger partial charge in [-0.1, -0.05) is 44.2 Å². The first kappa shape index (κ1) is 14.5. The van der Waals surface area contributed by atoms with Crippen LogP contribution in [0.2, 0.25) is 0 Å². The highest BCUT2D eigenvalue weighted by atomic mass is 16.5. The Kier molecular flexibility index (Phi) is 5.00. The summed E-state index contributed by atoms with van der Waals surface area (Å²) in [5, 5.41) is 3.72. The van der Waals surface area contributed by atoms with E-state index in [4.69, 9.17) is 4.74 Å². The van der Waals surface area contributed by atoms with Gasteiger partial charge in [0.25, 0.3) is 0 Å². The van der Waals surface area contributed by atoms with E-state index in [9.17, 15) is 0 Å². The fourth-order valence-electron chi connectivity index (χ4n) is 3.11. The van der Waals surface area contributed by atoms with E-state index in [1.807, 2.05) is 0 Å². The average molecular weight is 261 g/mol. The molecule has 0 aliphatic carbocycles. The van der Waals surface area contributed by atoms with Crippen LogP contribution in [-0.4, -0.2) is 25.3 Å². The van der Waals surface area contributed by atoms with E-state index in [1.54, 1.807) is 0 Å². The molecule has 1 N–H and O–H groups in total. The SMILES string of the molecule is CC(CC(C)(C)c1ccccc1)NC1CCCOC1. The smallest absolute Gasteiger partial charge is 0.0619 e. The molecule has 1 fully saturated rings. The summed E-state index contributed by atoms with van der Waals surface area (Å²) in [6.07, 6.45) is 3.58. The summed E-state index contributed by atoms with van der Waals surface area (Å²) < 4.78 is 5.54. The van der Waals surface area contributed by atoms with Crippen molar-refractivity contribution >= 4 is 0 Å². The van der Waals surface area contributed by atoms with Gasteiger partial charge in [0.1, 0.15) is 0 Å². The highest BCUT2D eigenvalue weighted by Gasteiger charge is 2.25. The van der Waals surface area contributed by atoms with E-state index >= 15 is 0 Å². The molecule has 0 aromatic heterocycles. The summed E-state index contributed by atoms with van der Waals surface area (Å²) in [6, 6.07) is 11.9. The quantitative estimate of drug-likeness (QED) is 0.875. The maximum Gasteiger partial charge on any atom is 0.0619 e. The van der Waals surface area contributed by atoms with Gasteiger partial charge < -0.3 is 10.1 Å². The minimum Gasteiger partial charge on any atom is -0.380 e. The summed E-state index contributed by atoms with van der Waals surface area (Å²) in [4.78, 5) is 0. The lowest BCUT2D eigenvalue weighted by Crippen LogP contribution is -2.44. The first-order valence-corrected chi connectivity index (χ1v) is 7.47. The molecule has 1 aliphatic rings. The van der Waals surface area contributed by atoms with Crippen molar-refractivity contribution in [2.75, 3.05) is 13.2 Å². The van der Waals surface area contributed by atoms with Crippen LogP contribution < -0.4 is 5.32 Å². The van der Waals surface area contributed by atoms with Crippen LogP contribution in [-0.2, 0) is 10.2 Å². The fraction of sp³-hybridized carbons (Fsp3) is 0.647. The number of hydrogen-bond acceptors (Lipinski definition) is 2. The molecule has 0 bridgehead atoms. The van der Waals surface area contributed by atoms with E-state index in [0.29, 0.717) is 12.1 Å². The molecule has 0 radical (unpaired) electrons. The van der Waals surface area contributed by atoms with Crippen molar-refractivity contribution in [3.8, 4) is 0 Å². The number of rotatable bonds is 5. The third-order valence-corrected chi connectivity index (χ3v) is 4.05. The molecule has 0 saturated carbocycles. The predicted octanol–water partition coefficient (Wildman–Crippen LogP) is 3.51. The topological polar surface area (TPSA) is 21.3 Å². The molecule has 0 amide bonds. The third-order valence-electron chi connectivity index (χ3n) is 4.05. The zero-order chi connectivity index (χ0) is 13.7. The number of hydrogen-bond donors (Lipinski definition) is 1. The molecule has 1 heterocycles. The molecule has 1 aromatic carbocycles. The van der Waals surface area contributed by atoms with Crippen molar-refractivity contribution in [1.29, 1.82) is 0 Å². The van der Waals surface area contributed by atoms with Crippen LogP contribution in [0.25, 0.3) is 0 Å². The molecular weight excluding hydrogens is 234 g/mol. The van der Waals surface area contributed by atoms with Crippen LogP contribution in [0.5, 0.6) is 0 Å². The minimum atomic E-state index is 0.212. The minimum absolute atomic E-state index is 0.212. The lowest BCUT2D eigenvalue weighted by Gasteiger charge is -2.32. The summed E-state index contributed by atoms with van der Waals surface area (Å²) in [7, 11) is 0. The van der Waals surface area contributed by atoms with Gasteiger partial charge in [0.2, 0.25) is 0 Å². The van der Waals surface area contributed by atoms with Gasteiger partial charge in [-0.25, -0.2) is 0 Å². The van der Waals surface area contributed by atoms with Crippen LogP contribution in [0.4, 0.5) is 0 Å². The molecule has 2 nitrogen and oxygen atoms in total. The van der Waals surface area contributed by atoms with E-state index < -0.39 is 0 Å². The lowest BCUT2D eigenvalue weighted by molar-refractivity contribution is 0.0658. The monoisotopic (exact) mass is 261 g/mol. The summed E-state index contributed by atoms with van der Waals surface area (Å²) in [6.45, 7) is 8.76. The standard InChI is InChI=1S/C17H27NO/c1-14(18-16-10-7-11-19-13-16)12-17(2,3)15-8-5-4-6-9-15/h4-6,8-9,14,16,18H,7,10-13H2,1-3H3. The van der Waals surface area contributed by atoms with E-state index in [0.717, 1.165) is 19.6 Å². The molecule has 2 rings (SSSR count). The number of ether oxygens (including phenoxy) is 1. The molecule has 1 aromatic rings. The van der Waals surface area contributed by atoms with Gasteiger partial charge in [-0.3, -0.25) is 0 Å². The van der Waals surface area contributed by atoms with Gasteiger partial charge in [-0.2, -0.15) is 0 Å². The highest BCUT2D eigenvalue weighted by molar-refractivity contribution is 5.23. The molecule has 1 saturated heterocycles. The van der Waals surface area contributed by atoms with Crippen molar-refractivity contribution < 1.29 is 4.74 Å². The fourth-order valence-corrected chi connectivity index (χ4v) is 3.11. The Labute approximate surface area is 117 Å². The lowest BCUT2D eigenvalue weighted by atomic mass is 9.79. The summed E-state index contributed by atoms with van der Waals surface area (Å²) >= 11 is 0. The molecule has 2 atom stereocenters. The van der Waals surface area contributed by atoms with Gasteiger partial charge in [-0.15, -0.1) is 0 Å². The van der Waals surface area contributed by atoms with E-state index in [1.165, 1.54) is 18.4 Å². The Bertz CT molecular complexity index is 368. The number of benzene rings is 1. The van der Waals surface area contributed by atoms with Crippen molar-refractivity contribution in [3.05, 3.63) is 35.9 Å². The van der Waals surface area contributed by atoms with Crippen LogP contribution in [0.3, 0.4) is 0 Å². The zero-order valence-corrected chi connectivity index (χ0v) is 12.5. The molecular formula is C17H27NO. The van der Waals surface area contributed by atoms with Gasteiger partial charge in [0.05, 0.1) is 6.61 Å². The van der Waals surface area contributed by atoms with Crippen LogP contribution >= 0.6 is 0 Å². The van der Waals surface area contributed by atoms with Gasteiger partial charge >= 0.3 is 0 Å². The molecule has 2 heteroatoms. The predicted molar refractivity (Wildman–Crippen MR) is 80.5 cm³/mol. The summed E-state index contributed by atoms with van der Waals surface area (Å²) in [5.41, 5.74) is 1.63. The Hall–Kier alpha value is -0.860. The molecule has 1 aliphatic heterocycles. The van der Waals surface area contributed by atoms with E-state index in [-0.39, 0.29) is 5.41 Å². The molecule has 2 unspecified atom stereocenters. The highest BCUT2D eigenvalue weighted by Crippen LogP contribution is 2.28. The Balaban J connectivity index is 1.88. The summed E-state index contributed by atoms with van der Waals surface area (Å²) in [5.74, 6) is 0. The van der Waals surface area contributed by atoms with Gasteiger partial charge in [-0.05, 0) is 37.2 Å². The molecule has 106 valence electrons. The van der Waals surface area contributed by atoms with Crippen molar-refractivity contribution in [2.45, 2.75) is 57.5 Å². The van der Waals surface area contributed by atoms with Gasteiger partial charge in [0, 0.05) is 18.7 Å². The van der Waals surface area contributed by atoms with Crippen LogP contribution in [0.1, 0.15) is 45.6 Å². The third kappa shape index (κ3) is 4.32. The second-order valence-electron chi connectivity index (χ2n) is 6.44. The molecule has 0 spiro atoms. The van der Waals surface area contributed by atoms with Gasteiger partial charge in [0.15, 0.2) is 0 Å². The first-order valence-electron chi connectivity index (χ1n) is 7.47. The second kappa shape index (κ2) is 6.53. The normalized spacial score (nSPS) is 22.2. The van der Waals surface area contributed by atoms with Crippen molar-refractivity contribution in [2.24, 2.45) is 0 Å². The average Bonchev–Trinajstić information content (AvgIpc) is 2.40. The number of nitrogens with one attached hydrogen (secondary N) is 1. The zero-order valence-electron chi connectivity index (χ0n) is 12.5. The second-order valence-corrected chi connectivity index (χ2v) is 6.44. The molecule has 19 heavy (non-hydrogen) atoms. The van der Waals surface area contributed by atoms with Crippen molar-refractivity contribution in [1.82, 2.24) is 5.32 Å².